The van der Waals surface area contributed by atoms with Gasteiger partial charge in [-0.3, -0.25) is 14.4 Å². The summed E-state index contributed by atoms with van der Waals surface area (Å²) in [6.07, 6.45) is -0.909. The van der Waals surface area contributed by atoms with E-state index in [9.17, 15) is 29.4 Å². The monoisotopic (exact) mass is 593 g/mol. The highest BCUT2D eigenvalue weighted by Crippen LogP contribution is 2.33. The fraction of sp³-hybridized carbons (Fsp3) is 0.429. The van der Waals surface area contributed by atoms with Crippen molar-refractivity contribution < 1.29 is 34.1 Å². The molecule has 3 rings (SSSR count). The van der Waals surface area contributed by atoms with Crippen LogP contribution < -0.4 is 15.8 Å². The molecule has 0 aliphatic carbocycles. The Labute approximate surface area is 242 Å². The van der Waals surface area contributed by atoms with Crippen molar-refractivity contribution in [2.75, 3.05) is 6.54 Å². The van der Waals surface area contributed by atoms with Crippen LogP contribution in [0.4, 0.5) is 0 Å². The molecule has 1 aliphatic heterocycles. The largest absolute Gasteiger partial charge is 0.489 e. The normalized spacial score (nSPS) is 17.8. The van der Waals surface area contributed by atoms with E-state index in [0.29, 0.717) is 26.9 Å². The lowest BCUT2D eigenvalue weighted by molar-refractivity contribution is -0.156. The summed E-state index contributed by atoms with van der Waals surface area (Å²) in [7, 11) is 0. The lowest BCUT2D eigenvalue weighted by Gasteiger charge is -2.35. The molecule has 0 bridgehead atoms. The molecule has 0 radical (unpaired) electrons. The van der Waals surface area contributed by atoms with Crippen LogP contribution in [0.2, 0.25) is 10.0 Å². The first-order valence-electron chi connectivity index (χ1n) is 12.9. The van der Waals surface area contributed by atoms with E-state index < -0.39 is 47.3 Å². The SMILES string of the molecule is CCC(CC)(C(=O)N[C@@H](Cc1ccc(OCc2c(Cl)cccc2Cl)cc1)C(=O)O)C(=O)N1C[C@H](O)C[C@H]1C(N)=O. The predicted molar refractivity (Wildman–Crippen MR) is 149 cm³/mol. The highest BCUT2D eigenvalue weighted by atomic mass is 35.5. The average Bonchev–Trinajstić information content (AvgIpc) is 3.31. The summed E-state index contributed by atoms with van der Waals surface area (Å²) < 4.78 is 5.76. The van der Waals surface area contributed by atoms with Crippen LogP contribution in [-0.2, 0) is 32.2 Å². The van der Waals surface area contributed by atoms with Gasteiger partial charge in [0.05, 0.1) is 6.10 Å². The Bertz CT molecular complexity index is 1230. The number of benzene rings is 2. The molecule has 5 N–H and O–H groups in total. The topological polar surface area (TPSA) is 159 Å². The highest BCUT2D eigenvalue weighted by molar-refractivity contribution is 6.35. The summed E-state index contributed by atoms with van der Waals surface area (Å²) in [6.45, 7) is 3.27. The molecule has 3 amide bonds. The van der Waals surface area contributed by atoms with Crippen molar-refractivity contribution in [1.29, 1.82) is 0 Å². The molecule has 2 aromatic rings. The molecule has 1 heterocycles. The molecule has 0 unspecified atom stereocenters. The third-order valence-corrected chi connectivity index (χ3v) is 8.04. The molecule has 2 aromatic carbocycles. The van der Waals surface area contributed by atoms with Crippen LogP contribution in [0.15, 0.2) is 42.5 Å². The second kappa shape index (κ2) is 13.3. The Hall–Kier alpha value is -3.34. The van der Waals surface area contributed by atoms with Crippen LogP contribution in [0.1, 0.15) is 44.2 Å². The van der Waals surface area contributed by atoms with Gasteiger partial charge < -0.3 is 30.9 Å². The molecule has 12 heteroatoms. The number of aliphatic hydroxyl groups is 1. The highest BCUT2D eigenvalue weighted by Gasteiger charge is 2.50. The molecule has 1 saturated heterocycles. The molecular formula is C28H33Cl2N3O7. The molecule has 3 atom stereocenters. The number of hydrogen-bond donors (Lipinski definition) is 4. The summed E-state index contributed by atoms with van der Waals surface area (Å²) in [4.78, 5) is 52.1. The van der Waals surface area contributed by atoms with Crippen LogP contribution in [0.5, 0.6) is 5.75 Å². The first kappa shape index (κ1) is 31.2. The van der Waals surface area contributed by atoms with Crippen LogP contribution >= 0.6 is 23.2 Å². The first-order chi connectivity index (χ1) is 18.9. The van der Waals surface area contributed by atoms with Gasteiger partial charge in [-0.1, -0.05) is 55.2 Å². The number of ether oxygens (including phenoxy) is 1. The number of nitrogens with zero attached hydrogens (tertiary/aromatic N) is 1. The number of aliphatic hydroxyl groups excluding tert-OH is 1. The Morgan fingerprint density at radius 2 is 1.70 bits per heavy atom. The number of carbonyl (C=O) groups excluding carboxylic acids is 3. The molecule has 10 nitrogen and oxygen atoms in total. The van der Waals surface area contributed by atoms with Crippen LogP contribution in [0.25, 0.3) is 0 Å². The van der Waals surface area contributed by atoms with Crippen molar-refractivity contribution in [3.05, 3.63) is 63.6 Å². The quantitative estimate of drug-likeness (QED) is 0.275. The molecule has 1 fully saturated rings. The van der Waals surface area contributed by atoms with E-state index in [-0.39, 0.29) is 38.8 Å². The summed E-state index contributed by atoms with van der Waals surface area (Å²) >= 11 is 12.4. The number of primary amides is 1. The van der Waals surface area contributed by atoms with Gasteiger partial charge in [-0.15, -0.1) is 0 Å². The average molecular weight is 594 g/mol. The number of hydrogen-bond acceptors (Lipinski definition) is 6. The van der Waals surface area contributed by atoms with Crippen molar-refractivity contribution in [3.63, 3.8) is 0 Å². The number of carboxylic acid groups (broad SMARTS) is 1. The number of aliphatic carboxylic acids is 1. The van der Waals surface area contributed by atoms with E-state index in [0.717, 1.165) is 4.90 Å². The number of amides is 3. The van der Waals surface area contributed by atoms with Gasteiger partial charge in [0.2, 0.25) is 17.7 Å². The van der Waals surface area contributed by atoms with E-state index >= 15 is 0 Å². The minimum Gasteiger partial charge on any atom is -0.489 e. The van der Waals surface area contributed by atoms with Crippen LogP contribution in [0.3, 0.4) is 0 Å². The number of carbonyl (C=O) groups is 4. The smallest absolute Gasteiger partial charge is 0.326 e. The van der Waals surface area contributed by atoms with Crippen molar-refractivity contribution in [2.45, 2.75) is 64.3 Å². The van der Waals surface area contributed by atoms with Gasteiger partial charge in [0.15, 0.2) is 0 Å². The predicted octanol–water partition coefficient (Wildman–Crippen LogP) is 2.94. The third-order valence-electron chi connectivity index (χ3n) is 7.33. The molecular weight excluding hydrogens is 561 g/mol. The minimum absolute atomic E-state index is 0.0188. The number of rotatable bonds is 12. The fourth-order valence-electron chi connectivity index (χ4n) is 4.83. The number of nitrogens with one attached hydrogen (secondary N) is 1. The number of nitrogens with two attached hydrogens (primary N) is 1. The fourth-order valence-corrected chi connectivity index (χ4v) is 5.34. The second-order valence-electron chi connectivity index (χ2n) is 9.76. The maximum absolute atomic E-state index is 13.6. The summed E-state index contributed by atoms with van der Waals surface area (Å²) in [5.41, 5.74) is 5.04. The molecule has 40 heavy (non-hydrogen) atoms. The van der Waals surface area contributed by atoms with Gasteiger partial charge in [0, 0.05) is 35.0 Å². The number of β-amino-alcohol motifs (C(OH)–C–C–N with tert-alkyl or cyclic N) is 1. The lowest BCUT2D eigenvalue weighted by Crippen LogP contribution is -2.58. The Kier molecular flexibility index (Phi) is 10.4. The van der Waals surface area contributed by atoms with Crippen LogP contribution in [0, 0.1) is 5.41 Å². The minimum atomic E-state index is -1.64. The molecule has 0 spiro atoms. The number of halogens is 2. The zero-order valence-corrected chi connectivity index (χ0v) is 23.7. The van der Waals surface area contributed by atoms with E-state index in [2.05, 4.69) is 5.32 Å². The van der Waals surface area contributed by atoms with E-state index in [1.807, 2.05) is 0 Å². The summed E-state index contributed by atoms with van der Waals surface area (Å²) in [6, 6.07) is 9.44. The van der Waals surface area contributed by atoms with Gasteiger partial charge in [-0.2, -0.15) is 0 Å². The number of carboxylic acids is 1. The molecule has 0 saturated carbocycles. The van der Waals surface area contributed by atoms with Gasteiger partial charge >= 0.3 is 5.97 Å². The van der Waals surface area contributed by atoms with Crippen molar-refractivity contribution in [1.82, 2.24) is 10.2 Å². The van der Waals surface area contributed by atoms with E-state index in [4.69, 9.17) is 33.7 Å². The zero-order valence-electron chi connectivity index (χ0n) is 22.2. The third kappa shape index (κ3) is 6.86. The molecule has 0 aromatic heterocycles. The summed E-state index contributed by atoms with van der Waals surface area (Å²) in [5, 5.41) is 23.4. The summed E-state index contributed by atoms with van der Waals surface area (Å²) in [5.74, 6) is -2.98. The van der Waals surface area contributed by atoms with Gasteiger partial charge in [-0.05, 0) is 42.7 Å². The zero-order chi connectivity index (χ0) is 29.6. The second-order valence-corrected chi connectivity index (χ2v) is 10.6. The Morgan fingerprint density at radius 3 is 2.23 bits per heavy atom. The van der Waals surface area contributed by atoms with Crippen LogP contribution in [-0.4, -0.2) is 63.5 Å². The maximum atomic E-state index is 13.6. The van der Waals surface area contributed by atoms with Gasteiger partial charge in [0.25, 0.3) is 0 Å². The van der Waals surface area contributed by atoms with Gasteiger partial charge in [-0.25, -0.2) is 4.79 Å². The number of likely N-dealkylation sites (tertiary alicyclic amines) is 1. The lowest BCUT2D eigenvalue weighted by atomic mass is 9.79. The molecule has 1 aliphatic rings. The van der Waals surface area contributed by atoms with E-state index in [1.165, 1.54) is 0 Å². The molecule has 216 valence electrons. The van der Waals surface area contributed by atoms with Crippen molar-refractivity contribution in [3.8, 4) is 5.75 Å². The van der Waals surface area contributed by atoms with Crippen molar-refractivity contribution >= 4 is 46.9 Å². The van der Waals surface area contributed by atoms with E-state index in [1.54, 1.807) is 56.3 Å². The van der Waals surface area contributed by atoms with Gasteiger partial charge in [0.1, 0.15) is 29.9 Å². The maximum Gasteiger partial charge on any atom is 0.326 e. The Balaban J connectivity index is 1.72. The standard InChI is InChI=1S/C28H33Cl2N3O7/c1-3-28(4-2,27(39)33-14-17(34)13-23(33)24(31)35)26(38)32-22(25(36)37)12-16-8-10-18(11-9-16)40-15-19-20(29)6-5-7-21(19)30/h5-11,17,22-23,34H,3-4,12-15H2,1-2H3,(H2,31,35)(H,32,38)(H,36,37)/t17-,22+,23+/m1/s1. The first-order valence-corrected chi connectivity index (χ1v) is 13.7. The van der Waals surface area contributed by atoms with Crippen molar-refractivity contribution in [2.24, 2.45) is 11.1 Å². The Morgan fingerprint density at radius 1 is 1.10 bits per heavy atom.